The largest absolute Gasteiger partial charge is 0.393 e. The van der Waals surface area contributed by atoms with Crippen molar-refractivity contribution in [1.29, 1.82) is 0 Å². The number of aliphatic hydroxyl groups excluding tert-OH is 1. The molecule has 2 atom stereocenters. The molecule has 2 heteroatoms. The van der Waals surface area contributed by atoms with Crippen LogP contribution < -0.4 is 0 Å². The first kappa shape index (κ1) is 8.02. The Morgan fingerprint density at radius 1 is 1.50 bits per heavy atom. The van der Waals surface area contributed by atoms with Crippen molar-refractivity contribution in [3.63, 3.8) is 0 Å². The minimum atomic E-state index is -0.143. The van der Waals surface area contributed by atoms with Gasteiger partial charge < -0.3 is 9.84 Å². The Morgan fingerprint density at radius 2 is 2.20 bits per heavy atom. The van der Waals surface area contributed by atoms with E-state index in [1.54, 1.807) is 0 Å². The molecule has 1 N–H and O–H groups in total. The second-order valence-electron chi connectivity index (χ2n) is 2.97. The third-order valence-electron chi connectivity index (χ3n) is 2.32. The van der Waals surface area contributed by atoms with Gasteiger partial charge in [0.1, 0.15) is 5.60 Å². The smallest absolute Gasteiger partial charge is 0.117 e. The van der Waals surface area contributed by atoms with E-state index in [0.717, 1.165) is 19.3 Å². The van der Waals surface area contributed by atoms with Crippen molar-refractivity contribution in [1.82, 2.24) is 0 Å². The molecule has 60 valence electrons. The van der Waals surface area contributed by atoms with Crippen LogP contribution >= 0.6 is 0 Å². The molecule has 1 rings (SSSR count). The fourth-order valence-corrected chi connectivity index (χ4v) is 1.40. The molecule has 1 heterocycles. The number of hydrogen-bond donors (Lipinski definition) is 1. The Balaban J connectivity index is 2.30. The van der Waals surface area contributed by atoms with Gasteiger partial charge in [-0.3, -0.25) is 0 Å². The van der Waals surface area contributed by atoms with E-state index < -0.39 is 0 Å². The quantitative estimate of drug-likeness (QED) is 0.604. The number of hydrogen-bond acceptors (Lipinski definition) is 2. The maximum absolute atomic E-state index is 8.93. The molecule has 0 aromatic rings. The van der Waals surface area contributed by atoms with Crippen LogP contribution in [0.25, 0.3) is 0 Å². The van der Waals surface area contributed by atoms with Crippen LogP contribution in [-0.2, 0) is 4.74 Å². The second-order valence-corrected chi connectivity index (χ2v) is 2.97. The van der Waals surface area contributed by atoms with E-state index in [1.807, 2.05) is 0 Å². The van der Waals surface area contributed by atoms with Crippen LogP contribution in [0.5, 0.6) is 0 Å². The first-order valence-electron chi connectivity index (χ1n) is 4.07. The molecule has 0 aromatic heterocycles. The van der Waals surface area contributed by atoms with E-state index in [9.17, 15) is 0 Å². The second kappa shape index (κ2) is 2.89. The highest BCUT2D eigenvalue weighted by molar-refractivity contribution is 5.00. The predicted octanol–water partition coefficient (Wildman–Crippen LogP) is 1.33. The van der Waals surface area contributed by atoms with Crippen LogP contribution in [0.15, 0.2) is 0 Å². The van der Waals surface area contributed by atoms with Gasteiger partial charge in [-0.1, -0.05) is 20.3 Å². The molecular weight excluding hydrogens is 128 g/mol. The van der Waals surface area contributed by atoms with Crippen LogP contribution in [0.3, 0.4) is 0 Å². The van der Waals surface area contributed by atoms with Gasteiger partial charge in [-0.25, -0.2) is 0 Å². The molecule has 10 heavy (non-hydrogen) atoms. The number of ether oxygens (including phenoxy) is 1. The van der Waals surface area contributed by atoms with Gasteiger partial charge in [0.25, 0.3) is 0 Å². The summed E-state index contributed by atoms with van der Waals surface area (Å²) in [4.78, 5) is 0. The first-order valence-corrected chi connectivity index (χ1v) is 4.07. The lowest BCUT2D eigenvalue weighted by molar-refractivity contribution is 0.168. The number of aliphatic hydroxyl groups is 1. The summed E-state index contributed by atoms with van der Waals surface area (Å²) in [5, 5.41) is 8.93. The van der Waals surface area contributed by atoms with Crippen LogP contribution in [0.4, 0.5) is 0 Å². The summed E-state index contributed by atoms with van der Waals surface area (Å²) in [5.74, 6) is 0. The minimum absolute atomic E-state index is 0.143. The number of epoxide rings is 1. The Morgan fingerprint density at radius 3 is 2.50 bits per heavy atom. The average molecular weight is 144 g/mol. The summed E-state index contributed by atoms with van der Waals surface area (Å²) in [6.07, 6.45) is 3.52. The standard InChI is InChI=1S/C8H16O2/c1-3-5-7-8(4-2,6-9)10-7/h7,9H,3-6H2,1-2H3/t7-,8+/m1/s1. The van der Waals surface area contributed by atoms with Gasteiger partial charge in [-0.2, -0.15) is 0 Å². The molecule has 0 radical (unpaired) electrons. The van der Waals surface area contributed by atoms with Crippen molar-refractivity contribution < 1.29 is 9.84 Å². The van der Waals surface area contributed by atoms with Gasteiger partial charge in [0.15, 0.2) is 0 Å². The van der Waals surface area contributed by atoms with Gasteiger partial charge in [0, 0.05) is 0 Å². The maximum Gasteiger partial charge on any atom is 0.117 e. The van der Waals surface area contributed by atoms with Crippen LogP contribution in [0.1, 0.15) is 33.1 Å². The van der Waals surface area contributed by atoms with E-state index in [0.29, 0.717) is 6.10 Å². The maximum atomic E-state index is 8.93. The summed E-state index contributed by atoms with van der Waals surface area (Å²) in [7, 11) is 0. The molecule has 1 fully saturated rings. The number of rotatable bonds is 4. The lowest BCUT2D eigenvalue weighted by Gasteiger charge is -2.03. The monoisotopic (exact) mass is 144 g/mol. The molecule has 0 saturated carbocycles. The van der Waals surface area contributed by atoms with Gasteiger partial charge in [-0.15, -0.1) is 0 Å². The van der Waals surface area contributed by atoms with Gasteiger partial charge in [-0.05, 0) is 12.8 Å². The van der Waals surface area contributed by atoms with Gasteiger partial charge in [0.05, 0.1) is 12.7 Å². The molecule has 2 nitrogen and oxygen atoms in total. The molecule has 0 bridgehead atoms. The fourth-order valence-electron chi connectivity index (χ4n) is 1.40. The Kier molecular flexibility index (Phi) is 2.32. The Labute approximate surface area is 62.2 Å². The van der Waals surface area contributed by atoms with Crippen molar-refractivity contribution in [2.75, 3.05) is 6.61 Å². The molecule has 0 spiro atoms. The summed E-state index contributed by atoms with van der Waals surface area (Å²) >= 11 is 0. The zero-order valence-electron chi connectivity index (χ0n) is 6.76. The average Bonchev–Trinajstić information content (AvgIpc) is 2.65. The lowest BCUT2D eigenvalue weighted by Crippen LogP contribution is -2.18. The van der Waals surface area contributed by atoms with Crippen LogP contribution in [0, 0.1) is 0 Å². The predicted molar refractivity (Wildman–Crippen MR) is 39.9 cm³/mol. The summed E-state index contributed by atoms with van der Waals surface area (Å²) in [6.45, 7) is 4.39. The Hall–Kier alpha value is -0.0800. The van der Waals surface area contributed by atoms with E-state index in [1.165, 1.54) is 0 Å². The molecule has 1 aliphatic rings. The molecule has 0 aromatic carbocycles. The highest BCUT2D eigenvalue weighted by Crippen LogP contribution is 2.41. The van der Waals surface area contributed by atoms with E-state index in [-0.39, 0.29) is 12.2 Å². The molecular formula is C8H16O2. The summed E-state index contributed by atoms with van der Waals surface area (Å²) in [5.41, 5.74) is -0.143. The summed E-state index contributed by atoms with van der Waals surface area (Å²) < 4.78 is 5.39. The van der Waals surface area contributed by atoms with Crippen LogP contribution in [0.2, 0.25) is 0 Å². The topological polar surface area (TPSA) is 32.8 Å². The van der Waals surface area contributed by atoms with Crippen LogP contribution in [-0.4, -0.2) is 23.4 Å². The SMILES string of the molecule is CCC[C@H]1O[C@@]1(CC)CO. The lowest BCUT2D eigenvalue weighted by atomic mass is 10.0. The fraction of sp³-hybridized carbons (Fsp3) is 1.00. The molecule has 0 amide bonds. The molecule has 1 saturated heterocycles. The minimum Gasteiger partial charge on any atom is -0.393 e. The molecule has 0 aliphatic carbocycles. The molecule has 0 unspecified atom stereocenters. The summed E-state index contributed by atoms with van der Waals surface area (Å²) in [6, 6.07) is 0. The van der Waals surface area contributed by atoms with E-state index in [2.05, 4.69) is 13.8 Å². The highest BCUT2D eigenvalue weighted by atomic mass is 16.6. The highest BCUT2D eigenvalue weighted by Gasteiger charge is 2.53. The molecule has 1 aliphatic heterocycles. The van der Waals surface area contributed by atoms with Gasteiger partial charge >= 0.3 is 0 Å². The van der Waals surface area contributed by atoms with Crippen molar-refractivity contribution in [2.45, 2.75) is 44.8 Å². The first-order chi connectivity index (χ1) is 4.79. The zero-order valence-corrected chi connectivity index (χ0v) is 6.76. The van der Waals surface area contributed by atoms with Crippen molar-refractivity contribution >= 4 is 0 Å². The van der Waals surface area contributed by atoms with Crippen molar-refractivity contribution in [3.05, 3.63) is 0 Å². The van der Waals surface area contributed by atoms with Crippen molar-refractivity contribution in [3.8, 4) is 0 Å². The van der Waals surface area contributed by atoms with Gasteiger partial charge in [0.2, 0.25) is 0 Å². The van der Waals surface area contributed by atoms with E-state index >= 15 is 0 Å². The zero-order chi connectivity index (χ0) is 7.61. The normalized spacial score (nSPS) is 38.1. The Bertz CT molecular complexity index is 108. The van der Waals surface area contributed by atoms with E-state index in [4.69, 9.17) is 9.84 Å². The third-order valence-corrected chi connectivity index (χ3v) is 2.32. The van der Waals surface area contributed by atoms with Crippen molar-refractivity contribution in [2.24, 2.45) is 0 Å². The third kappa shape index (κ3) is 1.18.